The van der Waals surface area contributed by atoms with Gasteiger partial charge in [-0.15, -0.1) is 0 Å². The van der Waals surface area contributed by atoms with Crippen molar-refractivity contribution >= 4 is 17.7 Å². The molecule has 150 valence electrons. The molecule has 2 aliphatic heterocycles. The predicted molar refractivity (Wildman–Crippen MR) is 106 cm³/mol. The lowest BCUT2D eigenvalue weighted by atomic mass is 10.3. The molecule has 28 heavy (non-hydrogen) atoms. The molecule has 2 fully saturated rings. The first-order valence-electron chi connectivity index (χ1n) is 10.0. The molecular formula is C20H27N5O3. The summed E-state index contributed by atoms with van der Waals surface area (Å²) < 4.78 is 10.5. The number of carbonyl (C=O) groups excluding carboxylic acids is 1. The molecule has 4 heterocycles. The standard InChI is InChI=1S/C20H27N5O3/c1-2-17-14-18(22-20(21-17)25-9-12-27-13-10-25)23-5-3-6-24(8-7-23)19(26)16-4-11-28-15-16/h4,11,14-15H,2-3,5-10,12-13H2,1H3. The van der Waals surface area contributed by atoms with Crippen LogP contribution in [-0.2, 0) is 11.2 Å². The molecule has 8 nitrogen and oxygen atoms in total. The molecule has 0 bridgehead atoms. The van der Waals surface area contributed by atoms with Gasteiger partial charge in [0.05, 0.1) is 25.0 Å². The lowest BCUT2D eigenvalue weighted by molar-refractivity contribution is 0.0766. The molecule has 2 aromatic heterocycles. The molecule has 0 unspecified atom stereocenters. The Morgan fingerprint density at radius 1 is 1.07 bits per heavy atom. The molecule has 2 aliphatic rings. The molecule has 0 saturated carbocycles. The highest BCUT2D eigenvalue weighted by atomic mass is 16.5. The first-order chi connectivity index (χ1) is 13.7. The molecule has 0 radical (unpaired) electrons. The lowest BCUT2D eigenvalue weighted by Gasteiger charge is -2.29. The van der Waals surface area contributed by atoms with Gasteiger partial charge in [0.1, 0.15) is 12.1 Å². The first kappa shape index (κ1) is 18.7. The molecular weight excluding hydrogens is 358 g/mol. The third-order valence-corrected chi connectivity index (χ3v) is 5.29. The topological polar surface area (TPSA) is 74.9 Å². The Kier molecular flexibility index (Phi) is 5.76. The molecule has 0 N–H and O–H groups in total. The van der Waals surface area contributed by atoms with E-state index in [0.717, 1.165) is 63.0 Å². The number of aromatic nitrogens is 2. The number of nitrogens with zero attached hydrogens (tertiary/aromatic N) is 5. The third-order valence-electron chi connectivity index (χ3n) is 5.29. The first-order valence-corrected chi connectivity index (χ1v) is 10.0. The average molecular weight is 385 g/mol. The van der Waals surface area contributed by atoms with Crippen LogP contribution in [0.2, 0.25) is 0 Å². The zero-order valence-corrected chi connectivity index (χ0v) is 16.3. The van der Waals surface area contributed by atoms with E-state index < -0.39 is 0 Å². The summed E-state index contributed by atoms with van der Waals surface area (Å²) >= 11 is 0. The van der Waals surface area contributed by atoms with Crippen LogP contribution >= 0.6 is 0 Å². The molecule has 0 aliphatic carbocycles. The number of amides is 1. The van der Waals surface area contributed by atoms with Crippen molar-refractivity contribution in [3.8, 4) is 0 Å². The van der Waals surface area contributed by atoms with E-state index in [-0.39, 0.29) is 5.91 Å². The van der Waals surface area contributed by atoms with Gasteiger partial charge in [0.15, 0.2) is 0 Å². The summed E-state index contributed by atoms with van der Waals surface area (Å²) in [5.41, 5.74) is 1.65. The summed E-state index contributed by atoms with van der Waals surface area (Å²) in [7, 11) is 0. The maximum Gasteiger partial charge on any atom is 0.257 e. The molecule has 0 atom stereocenters. The van der Waals surface area contributed by atoms with Crippen molar-refractivity contribution in [2.24, 2.45) is 0 Å². The van der Waals surface area contributed by atoms with Crippen LogP contribution in [0.3, 0.4) is 0 Å². The second-order valence-electron chi connectivity index (χ2n) is 7.12. The Morgan fingerprint density at radius 3 is 2.68 bits per heavy atom. The normalized spacial score (nSPS) is 18.2. The van der Waals surface area contributed by atoms with Crippen LogP contribution in [-0.4, -0.2) is 73.3 Å². The fraction of sp³-hybridized carbons (Fsp3) is 0.550. The van der Waals surface area contributed by atoms with Gasteiger partial charge in [0.2, 0.25) is 5.95 Å². The Hall–Kier alpha value is -2.61. The Bertz CT molecular complexity index is 789. The second kappa shape index (κ2) is 8.60. The number of ether oxygens (including phenoxy) is 1. The summed E-state index contributed by atoms with van der Waals surface area (Å²) in [6.07, 6.45) is 4.82. The van der Waals surface area contributed by atoms with Crippen molar-refractivity contribution < 1.29 is 13.9 Å². The molecule has 2 aromatic rings. The van der Waals surface area contributed by atoms with Crippen LogP contribution in [0.25, 0.3) is 0 Å². The highest BCUT2D eigenvalue weighted by molar-refractivity contribution is 5.93. The Balaban J connectivity index is 1.49. The van der Waals surface area contributed by atoms with Crippen LogP contribution in [0.4, 0.5) is 11.8 Å². The lowest BCUT2D eigenvalue weighted by Crippen LogP contribution is -2.38. The fourth-order valence-electron chi connectivity index (χ4n) is 3.64. The molecule has 2 saturated heterocycles. The van der Waals surface area contributed by atoms with Gasteiger partial charge in [-0.3, -0.25) is 4.79 Å². The second-order valence-corrected chi connectivity index (χ2v) is 7.12. The van der Waals surface area contributed by atoms with E-state index in [1.165, 1.54) is 12.5 Å². The highest BCUT2D eigenvalue weighted by Gasteiger charge is 2.23. The zero-order valence-electron chi connectivity index (χ0n) is 16.3. The fourth-order valence-corrected chi connectivity index (χ4v) is 3.64. The Morgan fingerprint density at radius 2 is 1.93 bits per heavy atom. The SMILES string of the molecule is CCc1cc(N2CCCN(C(=O)c3ccoc3)CC2)nc(N2CCOCC2)n1. The zero-order chi connectivity index (χ0) is 19.3. The summed E-state index contributed by atoms with van der Waals surface area (Å²) in [6.45, 7) is 8.21. The molecule has 0 spiro atoms. The van der Waals surface area contributed by atoms with Crippen molar-refractivity contribution in [3.05, 3.63) is 35.9 Å². The minimum Gasteiger partial charge on any atom is -0.472 e. The number of aryl methyl sites for hydroxylation is 1. The van der Waals surface area contributed by atoms with E-state index in [4.69, 9.17) is 19.1 Å². The van der Waals surface area contributed by atoms with Crippen molar-refractivity contribution in [2.75, 3.05) is 62.3 Å². The molecule has 0 aromatic carbocycles. The average Bonchev–Trinajstić information content (AvgIpc) is 3.18. The number of hydrogen-bond acceptors (Lipinski definition) is 7. The van der Waals surface area contributed by atoms with Crippen LogP contribution in [0.5, 0.6) is 0 Å². The number of furan rings is 1. The third kappa shape index (κ3) is 4.11. The number of anilines is 2. The van der Waals surface area contributed by atoms with Crippen LogP contribution < -0.4 is 9.80 Å². The maximum absolute atomic E-state index is 12.6. The maximum atomic E-state index is 12.6. The number of hydrogen-bond donors (Lipinski definition) is 0. The van der Waals surface area contributed by atoms with Crippen LogP contribution in [0.15, 0.2) is 29.1 Å². The molecule has 8 heteroatoms. The van der Waals surface area contributed by atoms with E-state index in [0.29, 0.717) is 25.3 Å². The van der Waals surface area contributed by atoms with E-state index in [1.54, 1.807) is 6.07 Å². The van der Waals surface area contributed by atoms with Gasteiger partial charge in [-0.2, -0.15) is 4.98 Å². The Labute approximate surface area is 165 Å². The van der Waals surface area contributed by atoms with Gasteiger partial charge in [-0.05, 0) is 18.9 Å². The van der Waals surface area contributed by atoms with E-state index in [9.17, 15) is 4.79 Å². The van der Waals surface area contributed by atoms with E-state index >= 15 is 0 Å². The van der Waals surface area contributed by atoms with E-state index in [2.05, 4.69) is 22.8 Å². The molecule has 1 amide bonds. The number of rotatable bonds is 4. The van der Waals surface area contributed by atoms with Gasteiger partial charge >= 0.3 is 0 Å². The van der Waals surface area contributed by atoms with Crippen molar-refractivity contribution in [3.63, 3.8) is 0 Å². The number of morpholine rings is 1. The van der Waals surface area contributed by atoms with E-state index in [1.807, 2.05) is 4.90 Å². The quantitative estimate of drug-likeness (QED) is 0.795. The summed E-state index contributed by atoms with van der Waals surface area (Å²) in [4.78, 5) is 28.6. The van der Waals surface area contributed by atoms with Gasteiger partial charge < -0.3 is 23.9 Å². The van der Waals surface area contributed by atoms with Crippen molar-refractivity contribution in [2.45, 2.75) is 19.8 Å². The van der Waals surface area contributed by atoms with Crippen molar-refractivity contribution in [1.29, 1.82) is 0 Å². The van der Waals surface area contributed by atoms with Gasteiger partial charge in [0, 0.05) is 51.0 Å². The monoisotopic (exact) mass is 385 g/mol. The number of carbonyl (C=O) groups is 1. The minimum atomic E-state index is 0.0292. The van der Waals surface area contributed by atoms with Gasteiger partial charge in [0.25, 0.3) is 5.91 Å². The minimum absolute atomic E-state index is 0.0292. The highest BCUT2D eigenvalue weighted by Crippen LogP contribution is 2.21. The van der Waals surface area contributed by atoms with Crippen LogP contribution in [0, 0.1) is 0 Å². The van der Waals surface area contributed by atoms with Gasteiger partial charge in [-0.1, -0.05) is 6.92 Å². The summed E-state index contributed by atoms with van der Waals surface area (Å²) in [6, 6.07) is 3.80. The molecule has 4 rings (SSSR count). The predicted octanol–water partition coefficient (Wildman–Crippen LogP) is 1.82. The summed E-state index contributed by atoms with van der Waals surface area (Å²) in [5.74, 6) is 1.76. The smallest absolute Gasteiger partial charge is 0.257 e. The van der Waals surface area contributed by atoms with Crippen molar-refractivity contribution in [1.82, 2.24) is 14.9 Å². The largest absolute Gasteiger partial charge is 0.472 e. The van der Waals surface area contributed by atoms with Crippen LogP contribution in [0.1, 0.15) is 29.4 Å². The van der Waals surface area contributed by atoms with Gasteiger partial charge in [-0.25, -0.2) is 4.98 Å². The summed E-state index contributed by atoms with van der Waals surface area (Å²) in [5, 5.41) is 0.